The Bertz CT molecular complexity index is 435. The Morgan fingerprint density at radius 3 is 2.05 bits per heavy atom. The first-order chi connectivity index (χ1) is 9.80. The third kappa shape index (κ3) is 6.33. The molecule has 0 saturated carbocycles. The van der Waals surface area contributed by atoms with Crippen LogP contribution in [0.3, 0.4) is 0 Å². The molecule has 108 valence electrons. The molecule has 0 atom stereocenters. The molecule has 0 spiro atoms. The average molecular weight is 274 g/mol. The average Bonchev–Trinajstić information content (AvgIpc) is 2.54. The maximum absolute atomic E-state index is 5.40. The Morgan fingerprint density at radius 2 is 1.55 bits per heavy atom. The van der Waals surface area contributed by atoms with E-state index >= 15 is 0 Å². The second-order valence-electron chi connectivity index (χ2n) is 4.06. The van der Waals surface area contributed by atoms with Crippen molar-refractivity contribution < 1.29 is 9.57 Å². The Morgan fingerprint density at radius 1 is 0.900 bits per heavy atom. The predicted octanol–water partition coefficient (Wildman–Crippen LogP) is 2.49. The van der Waals surface area contributed by atoms with Gasteiger partial charge in [-0.2, -0.15) is 5.48 Å². The highest BCUT2D eigenvalue weighted by atomic mass is 16.6. The number of methoxy groups -OCH3 is 1. The number of nitrogens with one attached hydrogen (secondary N) is 1. The number of hydrogen-bond acceptors (Lipinski definition) is 4. The summed E-state index contributed by atoms with van der Waals surface area (Å²) in [6.45, 7) is 1.35. The van der Waals surface area contributed by atoms with Crippen molar-refractivity contribution in [3.63, 3.8) is 0 Å². The molecule has 0 unspecified atom stereocenters. The molecule has 4 heteroatoms. The van der Waals surface area contributed by atoms with Gasteiger partial charge in [0.05, 0.1) is 14.2 Å². The van der Waals surface area contributed by atoms with Crippen molar-refractivity contribution in [1.82, 2.24) is 5.48 Å². The predicted molar refractivity (Wildman–Crippen MR) is 81.2 cm³/mol. The van der Waals surface area contributed by atoms with E-state index in [9.17, 15) is 0 Å². The molecule has 0 saturated heterocycles. The first-order valence-electron chi connectivity index (χ1n) is 6.43. The van der Waals surface area contributed by atoms with E-state index in [0.717, 1.165) is 17.9 Å². The van der Waals surface area contributed by atoms with Crippen LogP contribution >= 0.6 is 0 Å². The largest absolute Gasteiger partial charge is 0.497 e. The number of nitrogens with two attached hydrogens (primary N) is 1. The Kier molecular flexibility index (Phi) is 8.07. The van der Waals surface area contributed by atoms with Crippen molar-refractivity contribution in [2.24, 2.45) is 5.73 Å². The van der Waals surface area contributed by atoms with Gasteiger partial charge in [0.1, 0.15) is 5.75 Å². The van der Waals surface area contributed by atoms with E-state index < -0.39 is 0 Å². The molecular weight excluding hydrogens is 252 g/mol. The molecule has 0 aromatic heterocycles. The van der Waals surface area contributed by atoms with Crippen molar-refractivity contribution >= 4 is 0 Å². The molecule has 4 nitrogen and oxygen atoms in total. The summed E-state index contributed by atoms with van der Waals surface area (Å²) in [7, 11) is 3.26. The highest BCUT2D eigenvalue weighted by Gasteiger charge is 1.89. The third-order valence-electron chi connectivity index (χ3n) is 2.66. The zero-order valence-corrected chi connectivity index (χ0v) is 12.0. The van der Waals surface area contributed by atoms with Crippen molar-refractivity contribution in [1.29, 1.82) is 0 Å². The van der Waals surface area contributed by atoms with Crippen LogP contribution in [0, 0.1) is 0 Å². The summed E-state index contributed by atoms with van der Waals surface area (Å²) in [6, 6.07) is 17.8. The van der Waals surface area contributed by atoms with Crippen LogP contribution in [0.4, 0.5) is 0 Å². The van der Waals surface area contributed by atoms with Gasteiger partial charge in [0.2, 0.25) is 0 Å². The molecule has 0 bridgehead atoms. The Balaban J connectivity index is 0.000000200. The molecule has 20 heavy (non-hydrogen) atoms. The first kappa shape index (κ1) is 16.2. The highest BCUT2D eigenvalue weighted by Crippen LogP contribution is 2.10. The standard InChI is InChI=1S/2C8H11NO/c1-10-8-4-2-7(6-9)3-5-8;1-10-9-7-8-5-3-2-4-6-8/h2-5H,6,9H2,1H3;2-6,9H,7H2,1H3. The summed E-state index contributed by atoms with van der Waals surface area (Å²) in [4.78, 5) is 4.70. The van der Waals surface area contributed by atoms with Crippen LogP contribution in [0.1, 0.15) is 11.1 Å². The lowest BCUT2D eigenvalue weighted by Gasteiger charge is -1.99. The fourth-order valence-corrected chi connectivity index (χ4v) is 1.51. The lowest BCUT2D eigenvalue weighted by molar-refractivity contribution is 0.0867. The second kappa shape index (κ2) is 9.97. The van der Waals surface area contributed by atoms with Crippen molar-refractivity contribution in [2.75, 3.05) is 14.2 Å². The minimum atomic E-state index is 0.587. The van der Waals surface area contributed by atoms with E-state index in [0.29, 0.717) is 6.54 Å². The van der Waals surface area contributed by atoms with E-state index in [1.807, 2.05) is 54.6 Å². The number of hydrogen-bond donors (Lipinski definition) is 2. The molecule has 0 fully saturated rings. The van der Waals surface area contributed by atoms with E-state index in [1.165, 1.54) is 5.56 Å². The molecule has 0 aliphatic rings. The van der Waals surface area contributed by atoms with Crippen LogP contribution in [-0.2, 0) is 17.9 Å². The molecule has 2 aromatic rings. The van der Waals surface area contributed by atoms with Gasteiger partial charge in [-0.05, 0) is 23.3 Å². The summed E-state index contributed by atoms with van der Waals surface area (Å²) in [6.07, 6.45) is 0. The fourth-order valence-electron chi connectivity index (χ4n) is 1.51. The van der Waals surface area contributed by atoms with E-state index in [4.69, 9.17) is 15.3 Å². The third-order valence-corrected chi connectivity index (χ3v) is 2.66. The maximum atomic E-state index is 5.40. The molecule has 2 rings (SSSR count). The summed E-state index contributed by atoms with van der Waals surface area (Å²) in [5, 5.41) is 0. The smallest absolute Gasteiger partial charge is 0.118 e. The Labute approximate surface area is 120 Å². The summed E-state index contributed by atoms with van der Waals surface area (Å²) >= 11 is 0. The van der Waals surface area contributed by atoms with Crippen molar-refractivity contribution in [2.45, 2.75) is 13.1 Å². The second-order valence-corrected chi connectivity index (χ2v) is 4.06. The molecule has 2 aromatic carbocycles. The normalized spacial score (nSPS) is 9.55. The van der Waals surface area contributed by atoms with Gasteiger partial charge >= 0.3 is 0 Å². The van der Waals surface area contributed by atoms with Gasteiger partial charge in [0, 0.05) is 13.1 Å². The molecule has 3 N–H and O–H groups in total. The van der Waals surface area contributed by atoms with Gasteiger partial charge < -0.3 is 15.3 Å². The van der Waals surface area contributed by atoms with Crippen LogP contribution < -0.4 is 16.0 Å². The molecule has 0 radical (unpaired) electrons. The fraction of sp³-hybridized carbons (Fsp3) is 0.250. The molecule has 0 aliphatic heterocycles. The van der Waals surface area contributed by atoms with Crippen molar-refractivity contribution in [3.8, 4) is 5.75 Å². The van der Waals surface area contributed by atoms with Gasteiger partial charge in [0.15, 0.2) is 0 Å². The number of ether oxygens (including phenoxy) is 1. The minimum absolute atomic E-state index is 0.587. The van der Waals surface area contributed by atoms with Gasteiger partial charge in [-0.25, -0.2) is 0 Å². The van der Waals surface area contributed by atoms with E-state index in [1.54, 1.807) is 14.2 Å². The summed E-state index contributed by atoms with van der Waals surface area (Å²) < 4.78 is 4.97. The van der Waals surface area contributed by atoms with E-state index in [-0.39, 0.29) is 0 Å². The monoisotopic (exact) mass is 274 g/mol. The first-order valence-corrected chi connectivity index (χ1v) is 6.43. The SMILES string of the molecule is CONCc1ccccc1.COc1ccc(CN)cc1. The number of hydroxylamine groups is 1. The van der Waals surface area contributed by atoms with Crippen LogP contribution in [-0.4, -0.2) is 14.2 Å². The topological polar surface area (TPSA) is 56.5 Å². The molecule has 0 aliphatic carbocycles. The van der Waals surface area contributed by atoms with Crippen LogP contribution in [0.25, 0.3) is 0 Å². The van der Waals surface area contributed by atoms with Crippen LogP contribution in [0.2, 0.25) is 0 Å². The lowest BCUT2D eigenvalue weighted by atomic mass is 10.2. The van der Waals surface area contributed by atoms with E-state index in [2.05, 4.69) is 5.48 Å². The number of benzene rings is 2. The van der Waals surface area contributed by atoms with Gasteiger partial charge in [-0.1, -0.05) is 42.5 Å². The highest BCUT2D eigenvalue weighted by molar-refractivity contribution is 5.26. The Hall–Kier alpha value is -1.88. The van der Waals surface area contributed by atoms with Gasteiger partial charge in [-0.3, -0.25) is 0 Å². The van der Waals surface area contributed by atoms with Gasteiger partial charge in [0.25, 0.3) is 0 Å². The maximum Gasteiger partial charge on any atom is 0.118 e. The molecular formula is C16H22N2O2. The quantitative estimate of drug-likeness (QED) is 0.823. The van der Waals surface area contributed by atoms with Gasteiger partial charge in [-0.15, -0.1) is 0 Å². The van der Waals surface area contributed by atoms with Crippen LogP contribution in [0.5, 0.6) is 5.75 Å². The molecule has 0 heterocycles. The molecule has 0 amide bonds. The zero-order valence-electron chi connectivity index (χ0n) is 12.0. The van der Waals surface area contributed by atoms with Crippen LogP contribution in [0.15, 0.2) is 54.6 Å². The van der Waals surface area contributed by atoms with Crippen molar-refractivity contribution in [3.05, 3.63) is 65.7 Å². The zero-order chi connectivity index (χ0) is 14.6. The minimum Gasteiger partial charge on any atom is -0.497 e. The lowest BCUT2D eigenvalue weighted by Crippen LogP contribution is -2.10. The number of rotatable bonds is 5. The summed E-state index contributed by atoms with van der Waals surface area (Å²) in [5.74, 6) is 0.872. The summed E-state index contributed by atoms with van der Waals surface area (Å²) in [5.41, 5.74) is 10.5.